The lowest BCUT2D eigenvalue weighted by atomic mass is 9.99. The molecule has 0 N–H and O–H groups in total. The summed E-state index contributed by atoms with van der Waals surface area (Å²) in [5.41, 5.74) is 0.620. The van der Waals surface area contributed by atoms with Crippen LogP contribution >= 0.6 is 0 Å². The Kier molecular flexibility index (Phi) is 8.37. The molecule has 2 aromatic carbocycles. The Balaban J connectivity index is 1.78. The molecule has 1 aliphatic rings. The van der Waals surface area contributed by atoms with Gasteiger partial charge in [0.05, 0.1) is 17.0 Å². The molecule has 3 rings (SSSR count). The predicted molar refractivity (Wildman–Crippen MR) is 116 cm³/mol. The van der Waals surface area contributed by atoms with Gasteiger partial charge < -0.3 is 23.7 Å². The molecule has 1 saturated heterocycles. The Morgan fingerprint density at radius 1 is 0.824 bits per heavy atom. The Morgan fingerprint density at radius 2 is 1.38 bits per heavy atom. The van der Waals surface area contributed by atoms with E-state index in [4.69, 9.17) is 23.7 Å². The van der Waals surface area contributed by atoms with E-state index in [-0.39, 0.29) is 6.61 Å². The van der Waals surface area contributed by atoms with Crippen LogP contribution in [0.2, 0.25) is 0 Å². The van der Waals surface area contributed by atoms with Gasteiger partial charge in [-0.1, -0.05) is 36.4 Å². The molecule has 2 aromatic rings. The van der Waals surface area contributed by atoms with Gasteiger partial charge in [-0.3, -0.25) is 9.59 Å². The molecule has 0 radical (unpaired) electrons. The van der Waals surface area contributed by atoms with Crippen molar-refractivity contribution in [3.63, 3.8) is 0 Å². The third-order valence-corrected chi connectivity index (χ3v) is 4.68. The largest absolute Gasteiger partial charge is 0.459 e. The van der Waals surface area contributed by atoms with E-state index in [2.05, 4.69) is 12.0 Å². The maximum atomic E-state index is 12.3. The highest BCUT2D eigenvalue weighted by Crippen LogP contribution is 2.31. The fourth-order valence-corrected chi connectivity index (χ4v) is 3.20. The molecule has 2 unspecified atom stereocenters. The van der Waals surface area contributed by atoms with Crippen LogP contribution in [0.15, 0.2) is 60.7 Å². The van der Waals surface area contributed by atoms with Gasteiger partial charge in [-0.2, -0.15) is 0 Å². The van der Waals surface area contributed by atoms with E-state index in [1.165, 1.54) is 13.8 Å². The van der Waals surface area contributed by atoms with Crippen LogP contribution in [-0.2, 0) is 33.3 Å². The van der Waals surface area contributed by atoms with Crippen molar-refractivity contribution in [3.05, 3.63) is 71.8 Å². The first-order chi connectivity index (χ1) is 16.3. The summed E-state index contributed by atoms with van der Waals surface area (Å²) in [6, 6.07) is 16.5. The normalized spacial score (nSPS) is 20.9. The van der Waals surface area contributed by atoms with Gasteiger partial charge in [0, 0.05) is 13.8 Å². The standard InChI is InChI=1S/C25H22O9/c1-16(26)32-22-20(13-14-30-23(28)18-9-5-3-6-10-18)21(34-25(22)33-17(2)27)15-31-24(29)19-11-7-4-8-12-19/h3-12,20-22,25H,15H2,1-2H3/t20?,21-,22-,25?/m1/s1. The van der Waals surface area contributed by atoms with Crippen molar-refractivity contribution in [3.8, 4) is 12.0 Å². The van der Waals surface area contributed by atoms with Crippen LogP contribution in [0, 0.1) is 17.9 Å². The average molecular weight is 466 g/mol. The lowest BCUT2D eigenvalue weighted by molar-refractivity contribution is -0.195. The van der Waals surface area contributed by atoms with E-state index in [0.717, 1.165) is 0 Å². The number of ether oxygens (including phenoxy) is 5. The minimum atomic E-state index is -1.29. The average Bonchev–Trinajstić information content (AvgIpc) is 3.13. The summed E-state index contributed by atoms with van der Waals surface area (Å²) in [4.78, 5) is 47.7. The number of carbonyl (C=O) groups excluding carboxylic acids is 4. The summed E-state index contributed by atoms with van der Waals surface area (Å²) >= 11 is 0. The molecule has 0 saturated carbocycles. The van der Waals surface area contributed by atoms with E-state index in [1.807, 2.05) is 0 Å². The van der Waals surface area contributed by atoms with Gasteiger partial charge in [0.1, 0.15) is 18.8 Å². The summed E-state index contributed by atoms with van der Waals surface area (Å²) in [5, 5.41) is 0. The molecule has 34 heavy (non-hydrogen) atoms. The zero-order chi connectivity index (χ0) is 24.5. The topological polar surface area (TPSA) is 114 Å². The molecular weight excluding hydrogens is 444 g/mol. The van der Waals surface area contributed by atoms with Crippen molar-refractivity contribution in [1.82, 2.24) is 0 Å². The second-order valence-corrected chi connectivity index (χ2v) is 7.22. The van der Waals surface area contributed by atoms with Gasteiger partial charge in [-0.25, -0.2) is 9.59 Å². The van der Waals surface area contributed by atoms with Crippen molar-refractivity contribution >= 4 is 23.9 Å². The highest BCUT2D eigenvalue weighted by molar-refractivity contribution is 5.90. The van der Waals surface area contributed by atoms with E-state index in [0.29, 0.717) is 11.1 Å². The van der Waals surface area contributed by atoms with Crippen LogP contribution in [0.5, 0.6) is 0 Å². The highest BCUT2D eigenvalue weighted by Gasteiger charge is 2.49. The Bertz CT molecular complexity index is 1090. The van der Waals surface area contributed by atoms with Crippen LogP contribution in [0.3, 0.4) is 0 Å². The molecule has 0 aromatic heterocycles. The Morgan fingerprint density at radius 3 is 1.94 bits per heavy atom. The number of rotatable bonds is 6. The molecule has 4 atom stereocenters. The molecular formula is C25H22O9. The molecule has 0 aliphatic carbocycles. The molecule has 0 bridgehead atoms. The van der Waals surface area contributed by atoms with E-state index < -0.39 is 48.3 Å². The minimum Gasteiger partial charge on any atom is -0.459 e. The second-order valence-electron chi connectivity index (χ2n) is 7.22. The van der Waals surface area contributed by atoms with Crippen LogP contribution in [0.4, 0.5) is 0 Å². The summed E-state index contributed by atoms with van der Waals surface area (Å²) in [6.07, 6.45) is -1.06. The number of benzene rings is 2. The summed E-state index contributed by atoms with van der Waals surface area (Å²) in [6.45, 7) is 2.06. The van der Waals surface area contributed by atoms with E-state index in [1.54, 1.807) is 60.7 Å². The number of esters is 4. The smallest absolute Gasteiger partial charge is 0.352 e. The van der Waals surface area contributed by atoms with Gasteiger partial charge in [-0.15, -0.1) is 0 Å². The fraction of sp³-hybridized carbons (Fsp3) is 0.280. The van der Waals surface area contributed by atoms with E-state index in [9.17, 15) is 19.2 Å². The molecule has 9 nitrogen and oxygen atoms in total. The van der Waals surface area contributed by atoms with Gasteiger partial charge in [0.2, 0.25) is 6.29 Å². The van der Waals surface area contributed by atoms with Crippen LogP contribution < -0.4 is 0 Å². The predicted octanol–water partition coefficient (Wildman–Crippen LogP) is 2.50. The maximum Gasteiger partial charge on any atom is 0.352 e. The molecule has 1 heterocycles. The van der Waals surface area contributed by atoms with E-state index >= 15 is 0 Å². The third-order valence-electron chi connectivity index (χ3n) is 4.68. The van der Waals surface area contributed by atoms with Crippen LogP contribution in [0.25, 0.3) is 0 Å². The molecule has 1 fully saturated rings. The second kappa shape index (κ2) is 11.6. The quantitative estimate of drug-likeness (QED) is 0.360. The summed E-state index contributed by atoms with van der Waals surface area (Å²) < 4.78 is 26.4. The van der Waals surface area contributed by atoms with Gasteiger partial charge >= 0.3 is 23.9 Å². The first-order valence-corrected chi connectivity index (χ1v) is 10.3. The van der Waals surface area contributed by atoms with Crippen molar-refractivity contribution in [2.24, 2.45) is 5.92 Å². The Labute approximate surface area is 195 Å². The first-order valence-electron chi connectivity index (χ1n) is 10.3. The number of hydrogen-bond acceptors (Lipinski definition) is 9. The van der Waals surface area contributed by atoms with Crippen molar-refractivity contribution < 1.29 is 42.9 Å². The van der Waals surface area contributed by atoms with Crippen molar-refractivity contribution in [2.45, 2.75) is 32.3 Å². The van der Waals surface area contributed by atoms with Crippen molar-refractivity contribution in [1.29, 1.82) is 0 Å². The summed E-state index contributed by atoms with van der Waals surface area (Å²) in [7, 11) is 0. The van der Waals surface area contributed by atoms with Gasteiger partial charge in [0.15, 0.2) is 6.10 Å². The zero-order valence-corrected chi connectivity index (χ0v) is 18.5. The Hall–Kier alpha value is -4.16. The zero-order valence-electron chi connectivity index (χ0n) is 18.5. The molecule has 9 heteroatoms. The third kappa shape index (κ3) is 6.67. The van der Waals surface area contributed by atoms with Gasteiger partial charge in [-0.05, 0) is 30.2 Å². The lowest BCUT2D eigenvalue weighted by Crippen LogP contribution is -2.35. The summed E-state index contributed by atoms with van der Waals surface area (Å²) in [5.74, 6) is -0.880. The molecule has 0 amide bonds. The van der Waals surface area contributed by atoms with Gasteiger partial charge in [0.25, 0.3) is 0 Å². The number of hydrogen-bond donors (Lipinski definition) is 0. The molecule has 1 aliphatic heterocycles. The monoisotopic (exact) mass is 466 g/mol. The highest BCUT2D eigenvalue weighted by atomic mass is 16.7. The first kappa shape index (κ1) is 24.5. The maximum absolute atomic E-state index is 12.3. The molecule has 176 valence electrons. The van der Waals surface area contributed by atoms with Crippen LogP contribution in [0.1, 0.15) is 34.6 Å². The van der Waals surface area contributed by atoms with Crippen LogP contribution in [-0.4, -0.2) is 49.0 Å². The minimum absolute atomic E-state index is 0.283. The van der Waals surface area contributed by atoms with Crippen molar-refractivity contribution in [2.75, 3.05) is 6.61 Å². The number of carbonyl (C=O) groups is 4. The fourth-order valence-electron chi connectivity index (χ4n) is 3.20. The molecule has 0 spiro atoms. The SMILES string of the molecule is CC(=O)OC1O[C@H](COC(=O)c2ccccc2)C(C#COC(=O)c2ccccc2)[C@H]1OC(C)=O. The lowest BCUT2D eigenvalue weighted by Gasteiger charge is -2.19.